The van der Waals surface area contributed by atoms with Crippen LogP contribution in [0, 0.1) is 12.3 Å². The maximum atomic E-state index is 12.5. The van der Waals surface area contributed by atoms with Gasteiger partial charge in [0.15, 0.2) is 0 Å². The van der Waals surface area contributed by atoms with Gasteiger partial charge in [-0.15, -0.1) is 12.4 Å². The summed E-state index contributed by atoms with van der Waals surface area (Å²) in [4.78, 5) is 0.339. The second kappa shape index (κ2) is 7.22. The normalized spacial score (nSPS) is 12.3. The van der Waals surface area contributed by atoms with Crippen LogP contribution in [0.5, 0.6) is 0 Å². The average molecular weight is 386 g/mol. The zero-order valence-electron chi connectivity index (χ0n) is 12.2. The molecule has 0 aliphatic carbocycles. The quantitative estimate of drug-likeness (QED) is 0.847. The van der Waals surface area contributed by atoms with Gasteiger partial charge in [0.25, 0.3) is 0 Å². The van der Waals surface area contributed by atoms with Crippen LogP contribution in [0.2, 0.25) is 0 Å². The summed E-state index contributed by atoms with van der Waals surface area (Å²) in [5, 5.41) is 0. The Labute approximate surface area is 136 Å². The van der Waals surface area contributed by atoms with Gasteiger partial charge in [0.05, 0.1) is 4.90 Å². The van der Waals surface area contributed by atoms with Gasteiger partial charge in [0.2, 0.25) is 10.0 Å². The fourth-order valence-corrected chi connectivity index (χ4v) is 3.86. The van der Waals surface area contributed by atoms with E-state index in [9.17, 15) is 8.42 Å². The topological polar surface area (TPSA) is 63.4 Å². The smallest absolute Gasteiger partial charge is 0.243 e. The highest BCUT2D eigenvalue weighted by Crippen LogP contribution is 2.25. The summed E-state index contributed by atoms with van der Waals surface area (Å²) in [6.07, 6.45) is 0. The van der Waals surface area contributed by atoms with E-state index in [1.807, 2.05) is 13.8 Å². The van der Waals surface area contributed by atoms with E-state index in [0.29, 0.717) is 18.0 Å². The van der Waals surface area contributed by atoms with Gasteiger partial charge < -0.3 is 5.73 Å². The van der Waals surface area contributed by atoms with Crippen molar-refractivity contribution in [3.63, 3.8) is 0 Å². The molecular weight excluding hydrogens is 364 g/mol. The van der Waals surface area contributed by atoms with E-state index >= 15 is 0 Å². The molecule has 0 saturated heterocycles. The molecule has 0 fully saturated rings. The molecule has 0 unspecified atom stereocenters. The first kappa shape index (κ1) is 19.9. The van der Waals surface area contributed by atoms with Crippen LogP contribution in [0.4, 0.5) is 0 Å². The van der Waals surface area contributed by atoms with Crippen molar-refractivity contribution in [1.82, 2.24) is 4.31 Å². The first-order valence-corrected chi connectivity index (χ1v) is 8.26. The predicted octanol–water partition coefficient (Wildman–Crippen LogP) is 2.78. The number of aryl methyl sites for hydroxylation is 1. The molecule has 1 rings (SSSR count). The summed E-state index contributed by atoms with van der Waals surface area (Å²) in [5.74, 6) is 0. The maximum Gasteiger partial charge on any atom is 0.243 e. The molecule has 20 heavy (non-hydrogen) atoms. The average Bonchev–Trinajstić information content (AvgIpc) is 2.27. The molecule has 1 aromatic rings. The van der Waals surface area contributed by atoms with Crippen LogP contribution in [0.1, 0.15) is 19.4 Å². The maximum absolute atomic E-state index is 12.5. The van der Waals surface area contributed by atoms with E-state index in [2.05, 4.69) is 15.9 Å². The second-order valence-electron chi connectivity index (χ2n) is 5.54. The molecular formula is C13H22BrClN2O2S. The Morgan fingerprint density at radius 1 is 1.35 bits per heavy atom. The van der Waals surface area contributed by atoms with E-state index < -0.39 is 10.0 Å². The lowest BCUT2D eigenvalue weighted by molar-refractivity contribution is 0.292. The summed E-state index contributed by atoms with van der Waals surface area (Å²) >= 11 is 3.34. The Hall–Kier alpha value is -0.140. The van der Waals surface area contributed by atoms with Gasteiger partial charge in [0, 0.05) is 18.1 Å². The van der Waals surface area contributed by atoms with Gasteiger partial charge in [-0.1, -0.05) is 29.8 Å². The molecule has 116 valence electrons. The van der Waals surface area contributed by atoms with Crippen LogP contribution < -0.4 is 5.73 Å². The van der Waals surface area contributed by atoms with Crippen molar-refractivity contribution in [2.75, 3.05) is 20.1 Å². The van der Waals surface area contributed by atoms with Gasteiger partial charge in [-0.25, -0.2) is 12.7 Å². The van der Waals surface area contributed by atoms with E-state index in [1.54, 1.807) is 32.2 Å². The van der Waals surface area contributed by atoms with Crippen LogP contribution in [-0.2, 0) is 10.0 Å². The van der Waals surface area contributed by atoms with Crippen LogP contribution in [0.25, 0.3) is 0 Å². The molecule has 0 saturated carbocycles. The summed E-state index contributed by atoms with van der Waals surface area (Å²) < 4.78 is 27.3. The molecule has 0 radical (unpaired) electrons. The molecule has 7 heteroatoms. The van der Waals surface area contributed by atoms with Crippen molar-refractivity contribution in [2.24, 2.45) is 11.1 Å². The highest BCUT2D eigenvalue weighted by molar-refractivity contribution is 9.10. The Bertz CT molecular complexity index is 561. The zero-order valence-corrected chi connectivity index (χ0v) is 15.4. The lowest BCUT2D eigenvalue weighted by atomic mass is 9.94. The summed E-state index contributed by atoms with van der Waals surface area (Å²) in [6.45, 7) is 6.52. The number of halogens is 2. The summed E-state index contributed by atoms with van der Waals surface area (Å²) in [6, 6.07) is 5.16. The highest BCUT2D eigenvalue weighted by Gasteiger charge is 2.28. The molecule has 0 aliphatic heterocycles. The van der Waals surface area contributed by atoms with Crippen LogP contribution in [0.3, 0.4) is 0 Å². The van der Waals surface area contributed by atoms with E-state index in [1.165, 1.54) is 4.31 Å². The Morgan fingerprint density at radius 2 is 1.90 bits per heavy atom. The van der Waals surface area contributed by atoms with Crippen molar-refractivity contribution in [2.45, 2.75) is 25.7 Å². The molecule has 1 aromatic carbocycles. The third kappa shape index (κ3) is 4.70. The standard InChI is InChI=1S/C13H21BrN2O2S.ClH/c1-10-7-11(14)5-6-12(10)19(17,18)16(4)9-13(2,3)8-15;/h5-7H,8-9,15H2,1-4H3;1H. The zero-order chi connectivity index (χ0) is 14.8. The largest absolute Gasteiger partial charge is 0.330 e. The van der Waals surface area contributed by atoms with Gasteiger partial charge in [0.1, 0.15) is 0 Å². The fraction of sp³-hybridized carbons (Fsp3) is 0.538. The minimum absolute atomic E-state index is 0. The molecule has 0 atom stereocenters. The van der Waals surface area contributed by atoms with Crippen molar-refractivity contribution in [3.8, 4) is 0 Å². The van der Waals surface area contributed by atoms with Gasteiger partial charge in [-0.3, -0.25) is 0 Å². The van der Waals surface area contributed by atoms with Gasteiger partial charge in [-0.2, -0.15) is 0 Å². The highest BCUT2D eigenvalue weighted by atomic mass is 79.9. The van der Waals surface area contributed by atoms with Crippen molar-refractivity contribution in [1.29, 1.82) is 0 Å². The minimum Gasteiger partial charge on any atom is -0.330 e. The third-order valence-corrected chi connectivity index (χ3v) is 5.49. The lowest BCUT2D eigenvalue weighted by Gasteiger charge is -2.28. The molecule has 0 aromatic heterocycles. The Kier molecular flexibility index (Phi) is 7.17. The van der Waals surface area contributed by atoms with Gasteiger partial charge in [-0.05, 0) is 42.6 Å². The molecule has 4 nitrogen and oxygen atoms in total. The molecule has 0 spiro atoms. The molecule has 0 amide bonds. The van der Waals surface area contributed by atoms with E-state index in [0.717, 1.165) is 10.0 Å². The first-order chi connectivity index (χ1) is 8.60. The Balaban J connectivity index is 0.00000361. The number of hydrogen-bond acceptors (Lipinski definition) is 3. The number of sulfonamides is 1. The third-order valence-electron chi connectivity index (χ3n) is 3.03. The molecule has 0 bridgehead atoms. The lowest BCUT2D eigenvalue weighted by Crippen LogP contribution is -2.39. The minimum atomic E-state index is -3.47. The number of nitrogens with zero attached hydrogens (tertiary/aromatic N) is 1. The Morgan fingerprint density at radius 3 is 2.35 bits per heavy atom. The van der Waals surface area contributed by atoms with Crippen LogP contribution in [0.15, 0.2) is 27.6 Å². The number of benzene rings is 1. The first-order valence-electron chi connectivity index (χ1n) is 6.03. The molecule has 2 N–H and O–H groups in total. The van der Waals surface area contributed by atoms with Crippen LogP contribution in [-0.4, -0.2) is 32.9 Å². The summed E-state index contributed by atoms with van der Waals surface area (Å²) in [7, 11) is -1.88. The predicted molar refractivity (Wildman–Crippen MR) is 88.8 cm³/mol. The fourth-order valence-electron chi connectivity index (χ4n) is 1.82. The van der Waals surface area contributed by atoms with Crippen molar-refractivity contribution >= 4 is 38.4 Å². The monoisotopic (exact) mass is 384 g/mol. The van der Waals surface area contributed by atoms with Crippen molar-refractivity contribution in [3.05, 3.63) is 28.2 Å². The van der Waals surface area contributed by atoms with E-state index in [4.69, 9.17) is 5.73 Å². The SMILES string of the molecule is Cc1cc(Br)ccc1S(=O)(=O)N(C)CC(C)(C)CN.Cl. The molecule has 0 heterocycles. The van der Waals surface area contributed by atoms with E-state index in [-0.39, 0.29) is 17.8 Å². The summed E-state index contributed by atoms with van der Waals surface area (Å²) in [5.41, 5.74) is 6.14. The van der Waals surface area contributed by atoms with Crippen LogP contribution >= 0.6 is 28.3 Å². The van der Waals surface area contributed by atoms with Crippen molar-refractivity contribution < 1.29 is 8.42 Å². The number of rotatable bonds is 5. The second-order valence-corrected chi connectivity index (χ2v) is 8.47. The number of nitrogens with two attached hydrogens (primary N) is 1. The van der Waals surface area contributed by atoms with Gasteiger partial charge >= 0.3 is 0 Å². The molecule has 0 aliphatic rings. The number of hydrogen-bond donors (Lipinski definition) is 1.